The number of fused-ring (bicyclic) bond motifs is 1. The van der Waals surface area contributed by atoms with Crippen molar-refractivity contribution in [2.24, 2.45) is 0 Å². The number of halogens is 1. The molecular formula is C17H12BrNO3. The highest BCUT2D eigenvalue weighted by molar-refractivity contribution is 9.10. The molecule has 3 rings (SSSR count). The SMILES string of the molecule is O=Cc1ccc(CNC(=O)c2cc3cc(Br)ccc3o2)cc1. The number of rotatable bonds is 4. The van der Waals surface area contributed by atoms with E-state index in [2.05, 4.69) is 21.2 Å². The molecule has 0 radical (unpaired) electrons. The van der Waals surface area contributed by atoms with E-state index in [1.54, 1.807) is 30.3 Å². The van der Waals surface area contributed by atoms with Crippen LogP contribution >= 0.6 is 15.9 Å². The molecule has 110 valence electrons. The van der Waals surface area contributed by atoms with Crippen LogP contribution in [0.2, 0.25) is 0 Å². The predicted octanol–water partition coefficient (Wildman–Crippen LogP) is 3.94. The van der Waals surface area contributed by atoms with Crippen molar-refractivity contribution in [1.82, 2.24) is 5.32 Å². The summed E-state index contributed by atoms with van der Waals surface area (Å²) in [7, 11) is 0. The Balaban J connectivity index is 1.71. The molecule has 5 heteroatoms. The summed E-state index contributed by atoms with van der Waals surface area (Å²) in [6.45, 7) is 0.374. The average molecular weight is 358 g/mol. The third-order valence-corrected chi connectivity index (χ3v) is 3.76. The van der Waals surface area contributed by atoms with Gasteiger partial charge in [-0.25, -0.2) is 0 Å². The number of carbonyl (C=O) groups excluding carboxylic acids is 2. The summed E-state index contributed by atoms with van der Waals surface area (Å²) >= 11 is 3.38. The molecule has 22 heavy (non-hydrogen) atoms. The molecule has 0 saturated heterocycles. The quantitative estimate of drug-likeness (QED) is 0.719. The Labute approximate surface area is 135 Å². The minimum atomic E-state index is -0.271. The Kier molecular flexibility index (Phi) is 4.06. The van der Waals surface area contributed by atoms with Crippen LogP contribution in [-0.4, -0.2) is 12.2 Å². The lowest BCUT2D eigenvalue weighted by molar-refractivity contribution is 0.0925. The van der Waals surface area contributed by atoms with Crippen molar-refractivity contribution >= 4 is 39.1 Å². The molecule has 1 heterocycles. The van der Waals surface area contributed by atoms with Crippen molar-refractivity contribution in [2.75, 3.05) is 0 Å². The number of aldehydes is 1. The Morgan fingerprint density at radius 3 is 2.64 bits per heavy atom. The fourth-order valence-corrected chi connectivity index (χ4v) is 2.49. The second kappa shape index (κ2) is 6.15. The molecule has 2 aromatic carbocycles. The zero-order chi connectivity index (χ0) is 15.5. The van der Waals surface area contributed by atoms with Gasteiger partial charge in [0.25, 0.3) is 5.91 Å². The number of hydrogen-bond donors (Lipinski definition) is 1. The number of nitrogens with one attached hydrogen (secondary N) is 1. The first-order valence-electron chi connectivity index (χ1n) is 6.67. The van der Waals surface area contributed by atoms with Gasteiger partial charge in [-0.2, -0.15) is 0 Å². The molecule has 0 saturated carbocycles. The minimum absolute atomic E-state index is 0.271. The first-order chi connectivity index (χ1) is 10.7. The lowest BCUT2D eigenvalue weighted by Gasteiger charge is -2.03. The third kappa shape index (κ3) is 3.09. The van der Waals surface area contributed by atoms with E-state index >= 15 is 0 Å². The van der Waals surface area contributed by atoms with E-state index in [0.29, 0.717) is 17.7 Å². The van der Waals surface area contributed by atoms with Crippen molar-refractivity contribution in [3.05, 3.63) is 69.9 Å². The minimum Gasteiger partial charge on any atom is -0.451 e. The highest BCUT2D eigenvalue weighted by atomic mass is 79.9. The molecule has 0 atom stereocenters. The molecule has 0 fully saturated rings. The van der Waals surface area contributed by atoms with Gasteiger partial charge in [-0.15, -0.1) is 0 Å². The van der Waals surface area contributed by atoms with Crippen LogP contribution in [0, 0.1) is 0 Å². The van der Waals surface area contributed by atoms with Crippen LogP contribution in [0.4, 0.5) is 0 Å². The molecule has 0 aliphatic rings. The van der Waals surface area contributed by atoms with E-state index in [1.807, 2.05) is 18.2 Å². The summed E-state index contributed by atoms with van der Waals surface area (Å²) in [6, 6.07) is 14.3. The maximum Gasteiger partial charge on any atom is 0.287 e. The number of hydrogen-bond acceptors (Lipinski definition) is 3. The first-order valence-corrected chi connectivity index (χ1v) is 7.46. The molecule has 0 unspecified atom stereocenters. The number of furan rings is 1. The van der Waals surface area contributed by atoms with E-state index in [1.165, 1.54) is 0 Å². The van der Waals surface area contributed by atoms with Crippen LogP contribution in [0.25, 0.3) is 11.0 Å². The van der Waals surface area contributed by atoms with Gasteiger partial charge in [-0.1, -0.05) is 40.2 Å². The Hall–Kier alpha value is -2.40. The van der Waals surface area contributed by atoms with E-state index in [0.717, 1.165) is 21.7 Å². The maximum atomic E-state index is 12.1. The molecule has 0 aliphatic carbocycles. The van der Waals surface area contributed by atoms with E-state index in [9.17, 15) is 9.59 Å². The van der Waals surface area contributed by atoms with Crippen LogP contribution in [0.15, 0.2) is 57.4 Å². The number of amides is 1. The van der Waals surface area contributed by atoms with Gasteiger partial charge >= 0.3 is 0 Å². The van der Waals surface area contributed by atoms with Gasteiger partial charge in [0, 0.05) is 22.0 Å². The molecule has 4 nitrogen and oxygen atoms in total. The molecular weight excluding hydrogens is 346 g/mol. The van der Waals surface area contributed by atoms with Crippen molar-refractivity contribution in [1.29, 1.82) is 0 Å². The molecule has 0 aliphatic heterocycles. The van der Waals surface area contributed by atoms with E-state index < -0.39 is 0 Å². The summed E-state index contributed by atoms with van der Waals surface area (Å²) in [5.41, 5.74) is 2.19. The Morgan fingerprint density at radius 2 is 1.91 bits per heavy atom. The van der Waals surface area contributed by atoms with Gasteiger partial charge in [0.2, 0.25) is 0 Å². The molecule has 0 spiro atoms. The first kappa shape index (κ1) is 14.5. The van der Waals surface area contributed by atoms with Gasteiger partial charge in [-0.05, 0) is 29.8 Å². The second-order valence-electron chi connectivity index (χ2n) is 4.83. The van der Waals surface area contributed by atoms with Crippen LogP contribution in [0.1, 0.15) is 26.5 Å². The second-order valence-corrected chi connectivity index (χ2v) is 5.75. The van der Waals surface area contributed by atoms with Gasteiger partial charge < -0.3 is 9.73 Å². The summed E-state index contributed by atoms with van der Waals surface area (Å²) in [5, 5.41) is 3.67. The number of carbonyl (C=O) groups is 2. The zero-order valence-corrected chi connectivity index (χ0v) is 13.1. The summed E-state index contributed by atoms with van der Waals surface area (Å²) in [6.07, 6.45) is 0.787. The van der Waals surface area contributed by atoms with Crippen LogP contribution in [0.3, 0.4) is 0 Å². The smallest absolute Gasteiger partial charge is 0.287 e. The lowest BCUT2D eigenvalue weighted by atomic mass is 10.1. The van der Waals surface area contributed by atoms with E-state index in [4.69, 9.17) is 4.42 Å². The Morgan fingerprint density at radius 1 is 1.14 bits per heavy atom. The largest absolute Gasteiger partial charge is 0.451 e. The maximum absolute atomic E-state index is 12.1. The molecule has 0 bridgehead atoms. The molecule has 1 amide bonds. The molecule has 1 N–H and O–H groups in total. The van der Waals surface area contributed by atoms with Crippen molar-refractivity contribution in [2.45, 2.75) is 6.54 Å². The highest BCUT2D eigenvalue weighted by Gasteiger charge is 2.12. The summed E-state index contributed by atoms with van der Waals surface area (Å²) in [5.74, 6) is 0.00407. The molecule has 1 aromatic heterocycles. The zero-order valence-electron chi connectivity index (χ0n) is 11.5. The van der Waals surface area contributed by atoms with Gasteiger partial charge in [-0.3, -0.25) is 9.59 Å². The predicted molar refractivity (Wildman–Crippen MR) is 86.9 cm³/mol. The van der Waals surface area contributed by atoms with Gasteiger partial charge in [0.15, 0.2) is 5.76 Å². The number of benzene rings is 2. The third-order valence-electron chi connectivity index (χ3n) is 3.27. The lowest BCUT2D eigenvalue weighted by Crippen LogP contribution is -2.22. The van der Waals surface area contributed by atoms with E-state index in [-0.39, 0.29) is 11.7 Å². The van der Waals surface area contributed by atoms with Crippen LogP contribution in [-0.2, 0) is 6.54 Å². The fraction of sp³-hybridized carbons (Fsp3) is 0.0588. The average Bonchev–Trinajstić information content (AvgIpc) is 2.96. The van der Waals surface area contributed by atoms with Crippen molar-refractivity contribution < 1.29 is 14.0 Å². The normalized spacial score (nSPS) is 10.6. The fourth-order valence-electron chi connectivity index (χ4n) is 2.11. The van der Waals surface area contributed by atoms with Crippen molar-refractivity contribution in [3.63, 3.8) is 0 Å². The van der Waals surface area contributed by atoms with Gasteiger partial charge in [0.05, 0.1) is 0 Å². The summed E-state index contributed by atoms with van der Waals surface area (Å²) < 4.78 is 6.46. The topological polar surface area (TPSA) is 59.3 Å². The van der Waals surface area contributed by atoms with Crippen LogP contribution < -0.4 is 5.32 Å². The van der Waals surface area contributed by atoms with Gasteiger partial charge in [0.1, 0.15) is 11.9 Å². The summed E-state index contributed by atoms with van der Waals surface area (Å²) in [4.78, 5) is 22.7. The standard InChI is InChI=1S/C17H12BrNO3/c18-14-5-6-15-13(7-14)8-16(22-15)17(21)19-9-11-1-3-12(10-20)4-2-11/h1-8,10H,9H2,(H,19,21). The highest BCUT2D eigenvalue weighted by Crippen LogP contribution is 2.23. The monoisotopic (exact) mass is 357 g/mol. The van der Waals surface area contributed by atoms with Crippen molar-refractivity contribution in [3.8, 4) is 0 Å². The Bertz CT molecular complexity index is 837. The van der Waals surface area contributed by atoms with Crippen LogP contribution in [0.5, 0.6) is 0 Å². The molecule has 3 aromatic rings.